The molecule has 2 amide bonds. The highest BCUT2D eigenvalue weighted by molar-refractivity contribution is 6.31. The van der Waals surface area contributed by atoms with Crippen molar-refractivity contribution in [2.24, 2.45) is 0 Å². The Morgan fingerprint density at radius 1 is 1.33 bits per heavy atom. The first-order valence-corrected chi connectivity index (χ1v) is 9.01. The van der Waals surface area contributed by atoms with Crippen molar-refractivity contribution in [2.45, 2.75) is 20.0 Å². The number of benzene rings is 1. The number of anilines is 2. The molecule has 8 nitrogen and oxygen atoms in total. The Morgan fingerprint density at radius 3 is 2.89 bits per heavy atom. The number of rotatable bonds is 5. The lowest BCUT2D eigenvalue weighted by molar-refractivity contribution is 0.000341. The number of carbonyl (C=O) groups excluding carboxylic acids is 1. The van der Waals surface area contributed by atoms with Gasteiger partial charge in [0.15, 0.2) is 5.82 Å². The van der Waals surface area contributed by atoms with Crippen LogP contribution < -0.4 is 20.7 Å². The molecule has 0 saturated carbocycles. The molecule has 2 aromatic rings. The van der Waals surface area contributed by atoms with Gasteiger partial charge in [0.05, 0.1) is 30.4 Å². The van der Waals surface area contributed by atoms with Gasteiger partial charge < -0.3 is 20.1 Å². The largest absolute Gasteiger partial charge is 0.489 e. The number of nitrogens with zero attached hydrogens (tertiary/aromatic N) is 2. The minimum absolute atomic E-state index is 0.0424. The van der Waals surface area contributed by atoms with Gasteiger partial charge in [-0.1, -0.05) is 11.6 Å². The number of urea groups is 1. The first-order chi connectivity index (χ1) is 13.0. The van der Waals surface area contributed by atoms with E-state index >= 15 is 0 Å². The maximum Gasteiger partial charge on any atom is 0.325 e. The zero-order chi connectivity index (χ0) is 19.2. The molecule has 1 saturated heterocycles. The number of aromatic nitrogens is 2. The Bertz CT molecular complexity index is 794. The summed E-state index contributed by atoms with van der Waals surface area (Å²) in [6.07, 6.45) is 3.02. The summed E-state index contributed by atoms with van der Waals surface area (Å²) in [5.41, 5.74) is 2.08. The lowest BCUT2D eigenvalue weighted by Crippen LogP contribution is -2.41. The van der Waals surface area contributed by atoms with E-state index in [1.54, 1.807) is 18.3 Å². The van der Waals surface area contributed by atoms with Crippen LogP contribution in [0.5, 0.6) is 5.75 Å². The van der Waals surface area contributed by atoms with E-state index < -0.39 is 6.03 Å². The summed E-state index contributed by atoms with van der Waals surface area (Å²) in [6.45, 7) is 6.28. The zero-order valence-corrected chi connectivity index (χ0v) is 16.0. The van der Waals surface area contributed by atoms with Gasteiger partial charge in [0.25, 0.3) is 0 Å². The van der Waals surface area contributed by atoms with Gasteiger partial charge in [0.1, 0.15) is 18.5 Å². The van der Waals surface area contributed by atoms with Crippen molar-refractivity contribution >= 4 is 29.1 Å². The van der Waals surface area contributed by atoms with Gasteiger partial charge in [-0.15, -0.1) is 0 Å². The van der Waals surface area contributed by atoms with Crippen molar-refractivity contribution in [2.75, 3.05) is 36.9 Å². The number of hydrogen-bond acceptors (Lipinski definition) is 6. The molecule has 3 rings (SSSR count). The van der Waals surface area contributed by atoms with E-state index in [2.05, 4.69) is 25.9 Å². The normalized spacial score (nSPS) is 16.6. The summed E-state index contributed by atoms with van der Waals surface area (Å²) >= 11 is 6.21. The molecule has 0 spiro atoms. The molecule has 27 heavy (non-hydrogen) atoms. The molecule has 1 aromatic carbocycles. The molecule has 0 radical (unpaired) electrons. The predicted molar refractivity (Wildman–Crippen MR) is 104 cm³/mol. The van der Waals surface area contributed by atoms with Crippen LogP contribution in [0, 0.1) is 13.8 Å². The summed E-state index contributed by atoms with van der Waals surface area (Å²) < 4.78 is 11.5. The van der Waals surface area contributed by atoms with Crippen LogP contribution in [0.1, 0.15) is 11.3 Å². The third-order valence-electron chi connectivity index (χ3n) is 3.96. The molecule has 0 bridgehead atoms. The molecular formula is C18H22ClN5O3. The van der Waals surface area contributed by atoms with Crippen molar-refractivity contribution in [3.63, 3.8) is 0 Å². The van der Waals surface area contributed by atoms with E-state index in [0.717, 1.165) is 24.3 Å². The summed E-state index contributed by atoms with van der Waals surface area (Å²) in [5.74, 6) is 0.872. The maximum atomic E-state index is 12.3. The third kappa shape index (κ3) is 5.53. The van der Waals surface area contributed by atoms with Gasteiger partial charge in [-0.05, 0) is 31.5 Å². The number of ether oxygens (including phenoxy) is 2. The number of carbonyl (C=O) groups is 1. The fourth-order valence-corrected chi connectivity index (χ4v) is 2.67. The van der Waals surface area contributed by atoms with Crippen LogP contribution in [0.25, 0.3) is 0 Å². The molecule has 3 N–H and O–H groups in total. The highest BCUT2D eigenvalue weighted by atomic mass is 35.5. The first kappa shape index (κ1) is 19.3. The fraction of sp³-hybridized carbons (Fsp3) is 0.389. The molecule has 0 aliphatic carbocycles. The van der Waals surface area contributed by atoms with E-state index in [0.29, 0.717) is 35.5 Å². The summed E-state index contributed by atoms with van der Waals surface area (Å²) in [5, 5.41) is 9.15. The van der Waals surface area contributed by atoms with Crippen LogP contribution in [0.4, 0.5) is 16.3 Å². The monoisotopic (exact) mass is 391 g/mol. The number of morpholine rings is 1. The molecule has 2 heterocycles. The van der Waals surface area contributed by atoms with Crippen LogP contribution in [0.15, 0.2) is 24.5 Å². The SMILES string of the molecule is Cc1cnc(NC(=O)Nc2cc(Cl)c(C)cc2OC[C@H]2CNCCO2)cn1. The Labute approximate surface area is 162 Å². The third-order valence-corrected chi connectivity index (χ3v) is 4.37. The number of aryl methyl sites for hydroxylation is 2. The van der Waals surface area contributed by atoms with E-state index in [9.17, 15) is 4.79 Å². The highest BCUT2D eigenvalue weighted by Crippen LogP contribution is 2.31. The molecule has 9 heteroatoms. The smallest absolute Gasteiger partial charge is 0.325 e. The van der Waals surface area contributed by atoms with Crippen LogP contribution in [0.3, 0.4) is 0 Å². The highest BCUT2D eigenvalue weighted by Gasteiger charge is 2.17. The quantitative estimate of drug-likeness (QED) is 0.725. The van der Waals surface area contributed by atoms with Gasteiger partial charge in [0, 0.05) is 18.1 Å². The van der Waals surface area contributed by atoms with Crippen molar-refractivity contribution in [3.8, 4) is 5.75 Å². The summed E-state index contributed by atoms with van der Waals surface area (Å²) in [6, 6.07) is 2.99. The zero-order valence-electron chi connectivity index (χ0n) is 15.2. The van der Waals surface area contributed by atoms with Gasteiger partial charge >= 0.3 is 6.03 Å². The topological polar surface area (TPSA) is 97.4 Å². The van der Waals surface area contributed by atoms with Crippen LogP contribution >= 0.6 is 11.6 Å². The molecule has 1 aromatic heterocycles. The van der Waals surface area contributed by atoms with E-state index in [-0.39, 0.29) is 6.10 Å². The Morgan fingerprint density at radius 2 is 2.19 bits per heavy atom. The number of amides is 2. The Balaban J connectivity index is 1.67. The van der Waals surface area contributed by atoms with Crippen LogP contribution in [-0.2, 0) is 4.74 Å². The minimum atomic E-state index is -0.464. The van der Waals surface area contributed by atoms with Gasteiger partial charge in [-0.2, -0.15) is 0 Å². The number of hydrogen-bond donors (Lipinski definition) is 3. The second-order valence-corrected chi connectivity index (χ2v) is 6.63. The Hall–Kier alpha value is -2.42. The molecule has 144 valence electrons. The molecule has 1 aliphatic rings. The fourth-order valence-electron chi connectivity index (χ4n) is 2.51. The molecule has 1 atom stereocenters. The van der Waals surface area contributed by atoms with Crippen molar-refractivity contribution in [1.29, 1.82) is 0 Å². The van der Waals surface area contributed by atoms with Gasteiger partial charge in [0.2, 0.25) is 0 Å². The van der Waals surface area contributed by atoms with Gasteiger partial charge in [-0.25, -0.2) is 9.78 Å². The minimum Gasteiger partial charge on any atom is -0.489 e. The van der Waals surface area contributed by atoms with Crippen LogP contribution in [-0.4, -0.2) is 48.4 Å². The number of nitrogens with one attached hydrogen (secondary N) is 3. The first-order valence-electron chi connectivity index (χ1n) is 8.63. The van der Waals surface area contributed by atoms with Crippen molar-refractivity contribution < 1.29 is 14.3 Å². The lowest BCUT2D eigenvalue weighted by atomic mass is 10.2. The summed E-state index contributed by atoms with van der Waals surface area (Å²) in [7, 11) is 0. The molecular weight excluding hydrogens is 370 g/mol. The number of halogens is 1. The van der Waals surface area contributed by atoms with Gasteiger partial charge in [-0.3, -0.25) is 10.3 Å². The molecule has 0 unspecified atom stereocenters. The Kier molecular flexibility index (Phi) is 6.44. The molecule has 1 aliphatic heterocycles. The van der Waals surface area contributed by atoms with Crippen LogP contribution in [0.2, 0.25) is 5.02 Å². The predicted octanol–water partition coefficient (Wildman–Crippen LogP) is 2.76. The average Bonchev–Trinajstić information content (AvgIpc) is 2.66. The summed E-state index contributed by atoms with van der Waals surface area (Å²) in [4.78, 5) is 20.5. The molecule has 1 fully saturated rings. The van der Waals surface area contributed by atoms with E-state index in [1.165, 1.54) is 6.20 Å². The lowest BCUT2D eigenvalue weighted by Gasteiger charge is -2.24. The van der Waals surface area contributed by atoms with Crippen molar-refractivity contribution in [3.05, 3.63) is 40.8 Å². The average molecular weight is 392 g/mol. The van der Waals surface area contributed by atoms with E-state index in [1.807, 2.05) is 13.8 Å². The van der Waals surface area contributed by atoms with E-state index in [4.69, 9.17) is 21.1 Å². The standard InChI is InChI=1S/C18H22ClN5O3/c1-11-5-16(27-10-13-8-20-3-4-26-13)15(6-14(11)19)23-18(25)24-17-9-21-12(2)7-22-17/h5-7,9,13,20H,3-4,8,10H2,1-2H3,(H2,22,23,24,25)/t13-/m1/s1. The second-order valence-electron chi connectivity index (χ2n) is 6.23. The van der Waals surface area contributed by atoms with Crippen molar-refractivity contribution in [1.82, 2.24) is 15.3 Å². The second kappa shape index (κ2) is 8.98. The maximum absolute atomic E-state index is 12.3.